The maximum absolute atomic E-state index is 6.47. The molecule has 2 aromatic rings. The quantitative estimate of drug-likeness (QED) is 0.616. The van der Waals surface area contributed by atoms with Crippen molar-refractivity contribution in [2.45, 2.75) is 12.3 Å². The lowest BCUT2D eigenvalue weighted by atomic mass is 10.0. The van der Waals surface area contributed by atoms with Crippen molar-refractivity contribution in [3.63, 3.8) is 0 Å². The SMILES string of the molecule is Cc1ccc(C(Cl)c2ccc(Cl)cc2Br)cc1. The summed E-state index contributed by atoms with van der Waals surface area (Å²) in [6.45, 7) is 2.06. The number of rotatable bonds is 2. The first kappa shape index (κ1) is 12.9. The molecule has 0 spiro atoms. The van der Waals surface area contributed by atoms with Crippen LogP contribution in [0.25, 0.3) is 0 Å². The number of aryl methyl sites for hydroxylation is 1. The zero-order chi connectivity index (χ0) is 12.4. The highest BCUT2D eigenvalue weighted by Gasteiger charge is 2.13. The molecule has 2 rings (SSSR count). The van der Waals surface area contributed by atoms with Gasteiger partial charge < -0.3 is 0 Å². The van der Waals surface area contributed by atoms with Crippen molar-refractivity contribution in [2.24, 2.45) is 0 Å². The van der Waals surface area contributed by atoms with E-state index in [0.717, 1.165) is 15.6 Å². The number of alkyl halides is 1. The second-order valence-corrected chi connectivity index (χ2v) is 5.67. The fourth-order valence-corrected chi connectivity index (χ4v) is 3.00. The van der Waals surface area contributed by atoms with Crippen molar-refractivity contribution in [2.75, 3.05) is 0 Å². The van der Waals surface area contributed by atoms with E-state index in [2.05, 4.69) is 35.0 Å². The molecule has 3 heteroatoms. The second kappa shape index (κ2) is 5.43. The van der Waals surface area contributed by atoms with Gasteiger partial charge in [0.25, 0.3) is 0 Å². The van der Waals surface area contributed by atoms with Gasteiger partial charge in [-0.1, -0.05) is 63.4 Å². The van der Waals surface area contributed by atoms with Crippen molar-refractivity contribution in [3.8, 4) is 0 Å². The highest BCUT2D eigenvalue weighted by atomic mass is 79.9. The maximum Gasteiger partial charge on any atom is 0.0846 e. The first-order valence-electron chi connectivity index (χ1n) is 5.23. The molecule has 0 fully saturated rings. The van der Waals surface area contributed by atoms with E-state index < -0.39 is 0 Å². The van der Waals surface area contributed by atoms with Crippen LogP contribution < -0.4 is 0 Å². The molecule has 1 unspecified atom stereocenters. The minimum atomic E-state index is -0.165. The minimum Gasteiger partial charge on any atom is -0.113 e. The Hall–Kier alpha value is -0.500. The van der Waals surface area contributed by atoms with Gasteiger partial charge in [-0.05, 0) is 30.2 Å². The molecule has 0 amide bonds. The monoisotopic (exact) mass is 328 g/mol. The molecule has 0 nitrogen and oxygen atoms in total. The lowest BCUT2D eigenvalue weighted by Gasteiger charge is -2.12. The lowest BCUT2D eigenvalue weighted by Crippen LogP contribution is -1.94. The molecule has 0 aromatic heterocycles. The third-order valence-electron chi connectivity index (χ3n) is 2.61. The Morgan fingerprint density at radius 3 is 2.29 bits per heavy atom. The van der Waals surface area contributed by atoms with Crippen LogP contribution in [0.3, 0.4) is 0 Å². The number of hydrogen-bond acceptors (Lipinski definition) is 0. The molecule has 0 bridgehead atoms. The van der Waals surface area contributed by atoms with Gasteiger partial charge in [0.05, 0.1) is 5.38 Å². The van der Waals surface area contributed by atoms with Gasteiger partial charge in [-0.2, -0.15) is 0 Å². The Morgan fingerprint density at radius 1 is 1.06 bits per heavy atom. The third-order valence-corrected chi connectivity index (χ3v) is 4.01. The van der Waals surface area contributed by atoms with Crippen molar-refractivity contribution in [1.82, 2.24) is 0 Å². The molecule has 2 aromatic carbocycles. The number of halogens is 3. The van der Waals surface area contributed by atoms with Crippen LogP contribution >= 0.6 is 39.1 Å². The summed E-state index contributed by atoms with van der Waals surface area (Å²) in [6, 6.07) is 13.9. The summed E-state index contributed by atoms with van der Waals surface area (Å²) >= 11 is 15.9. The predicted molar refractivity (Wildman–Crippen MR) is 78.0 cm³/mol. The highest BCUT2D eigenvalue weighted by Crippen LogP contribution is 2.35. The Morgan fingerprint density at radius 2 is 1.71 bits per heavy atom. The van der Waals surface area contributed by atoms with Crippen LogP contribution in [0.4, 0.5) is 0 Å². The van der Waals surface area contributed by atoms with Crippen molar-refractivity contribution in [1.29, 1.82) is 0 Å². The summed E-state index contributed by atoms with van der Waals surface area (Å²) in [5.41, 5.74) is 3.34. The Bertz CT molecular complexity index is 520. The molecule has 0 heterocycles. The first-order chi connectivity index (χ1) is 8.08. The van der Waals surface area contributed by atoms with E-state index in [0.29, 0.717) is 5.02 Å². The van der Waals surface area contributed by atoms with Gasteiger partial charge in [-0.3, -0.25) is 0 Å². The second-order valence-electron chi connectivity index (χ2n) is 3.94. The van der Waals surface area contributed by atoms with Gasteiger partial charge >= 0.3 is 0 Å². The molecule has 0 saturated carbocycles. The van der Waals surface area contributed by atoms with Crippen molar-refractivity contribution >= 4 is 39.1 Å². The average molecular weight is 330 g/mol. The maximum atomic E-state index is 6.47. The van der Waals surface area contributed by atoms with Gasteiger partial charge in [-0.15, -0.1) is 11.6 Å². The van der Waals surface area contributed by atoms with E-state index in [1.807, 2.05) is 30.3 Å². The molecule has 0 radical (unpaired) electrons. The van der Waals surface area contributed by atoms with Crippen molar-refractivity contribution < 1.29 is 0 Å². The molecular formula is C14H11BrCl2. The fraction of sp³-hybridized carbons (Fsp3) is 0.143. The molecule has 17 heavy (non-hydrogen) atoms. The lowest BCUT2D eigenvalue weighted by molar-refractivity contribution is 1.12. The van der Waals surface area contributed by atoms with Crippen LogP contribution in [0.2, 0.25) is 5.02 Å². The first-order valence-corrected chi connectivity index (χ1v) is 6.84. The molecule has 1 atom stereocenters. The van der Waals surface area contributed by atoms with Gasteiger partial charge in [-0.25, -0.2) is 0 Å². The standard InChI is InChI=1S/C14H11BrCl2/c1-9-2-4-10(5-3-9)14(17)12-7-6-11(16)8-13(12)15/h2-8,14H,1H3. The number of benzene rings is 2. The Kier molecular flexibility index (Phi) is 4.13. The zero-order valence-corrected chi connectivity index (χ0v) is 12.4. The van der Waals surface area contributed by atoms with E-state index in [1.54, 1.807) is 0 Å². The van der Waals surface area contributed by atoms with Crippen molar-refractivity contribution in [3.05, 3.63) is 68.7 Å². The van der Waals surface area contributed by atoms with Crippen LogP contribution in [0, 0.1) is 6.92 Å². The molecule has 0 saturated heterocycles. The third kappa shape index (κ3) is 3.04. The topological polar surface area (TPSA) is 0 Å². The normalized spacial score (nSPS) is 12.5. The molecule has 88 valence electrons. The van der Waals surface area contributed by atoms with E-state index in [-0.39, 0.29) is 5.38 Å². The van der Waals surface area contributed by atoms with E-state index in [9.17, 15) is 0 Å². The van der Waals surface area contributed by atoms with Crippen LogP contribution in [0.5, 0.6) is 0 Å². The Balaban J connectivity index is 2.36. The summed E-state index contributed by atoms with van der Waals surface area (Å²) in [6.07, 6.45) is 0. The largest absolute Gasteiger partial charge is 0.113 e. The van der Waals surface area contributed by atoms with Crippen LogP contribution in [-0.2, 0) is 0 Å². The van der Waals surface area contributed by atoms with E-state index >= 15 is 0 Å². The van der Waals surface area contributed by atoms with Crippen LogP contribution in [0.15, 0.2) is 46.9 Å². The van der Waals surface area contributed by atoms with Gasteiger partial charge in [0.2, 0.25) is 0 Å². The average Bonchev–Trinajstić information content (AvgIpc) is 2.29. The zero-order valence-electron chi connectivity index (χ0n) is 9.25. The highest BCUT2D eigenvalue weighted by molar-refractivity contribution is 9.10. The summed E-state index contributed by atoms with van der Waals surface area (Å²) < 4.78 is 0.936. The number of hydrogen-bond donors (Lipinski definition) is 0. The molecule has 0 N–H and O–H groups in total. The predicted octanol–water partition coefficient (Wildman–Crippen LogP) is 5.74. The Labute approximate surface area is 120 Å². The smallest absolute Gasteiger partial charge is 0.0846 e. The van der Waals surface area contributed by atoms with Gasteiger partial charge in [0.1, 0.15) is 0 Å². The van der Waals surface area contributed by atoms with Gasteiger partial charge in [0.15, 0.2) is 0 Å². The van der Waals surface area contributed by atoms with E-state index in [1.165, 1.54) is 5.56 Å². The molecule has 0 aliphatic carbocycles. The molecule has 0 aliphatic rings. The fourth-order valence-electron chi connectivity index (χ4n) is 1.62. The summed E-state index contributed by atoms with van der Waals surface area (Å²) in [4.78, 5) is 0. The molecule has 0 aliphatic heterocycles. The molecular weight excluding hydrogens is 319 g/mol. The van der Waals surface area contributed by atoms with Crippen LogP contribution in [-0.4, -0.2) is 0 Å². The summed E-state index contributed by atoms with van der Waals surface area (Å²) in [7, 11) is 0. The summed E-state index contributed by atoms with van der Waals surface area (Å²) in [5, 5.41) is 0.538. The van der Waals surface area contributed by atoms with E-state index in [4.69, 9.17) is 23.2 Å². The van der Waals surface area contributed by atoms with Gasteiger partial charge in [0, 0.05) is 9.50 Å². The summed E-state index contributed by atoms with van der Waals surface area (Å²) in [5.74, 6) is 0. The minimum absolute atomic E-state index is 0.165. The van der Waals surface area contributed by atoms with Crippen LogP contribution in [0.1, 0.15) is 22.1 Å².